The molecule has 20 heavy (non-hydrogen) atoms. The van der Waals surface area contributed by atoms with E-state index < -0.39 is 10.0 Å². The van der Waals surface area contributed by atoms with Crippen LogP contribution in [0.4, 0.5) is 5.95 Å². The number of hydrogen-bond donors (Lipinski definition) is 1. The number of sulfonamides is 1. The molecule has 0 unspecified atom stereocenters. The van der Waals surface area contributed by atoms with Crippen LogP contribution in [0.25, 0.3) is 0 Å². The van der Waals surface area contributed by atoms with Gasteiger partial charge in [-0.1, -0.05) is 0 Å². The van der Waals surface area contributed by atoms with Gasteiger partial charge in [-0.25, -0.2) is 18.4 Å². The van der Waals surface area contributed by atoms with E-state index in [2.05, 4.69) is 15.3 Å². The molecular weight excluding hydrogens is 282 g/mol. The van der Waals surface area contributed by atoms with Gasteiger partial charge in [-0.05, 0) is 0 Å². The van der Waals surface area contributed by atoms with E-state index in [4.69, 9.17) is 10.00 Å². The van der Waals surface area contributed by atoms with Crippen LogP contribution in [0.5, 0.6) is 0 Å². The van der Waals surface area contributed by atoms with Crippen LogP contribution in [0, 0.1) is 11.3 Å². The van der Waals surface area contributed by atoms with Crippen molar-refractivity contribution in [1.29, 1.82) is 5.26 Å². The molecule has 0 aliphatic carbocycles. The summed E-state index contributed by atoms with van der Waals surface area (Å²) in [5, 5.41) is 11.3. The first-order valence-corrected chi connectivity index (χ1v) is 7.36. The maximum absolute atomic E-state index is 12.4. The Bertz CT molecular complexity index is 552. The van der Waals surface area contributed by atoms with Gasteiger partial charge in [-0.2, -0.15) is 9.57 Å². The number of nitrogens with zero attached hydrogens (tertiary/aromatic N) is 4. The van der Waals surface area contributed by atoms with Crippen LogP contribution < -0.4 is 5.32 Å². The standard InChI is InChI=1S/C11H17N5O3S/c1-13-11-14-8-10(9-15-11)20(17,18)16(5-3-4-12)6-7-19-2/h8-9H,3,5-7H2,1-2H3,(H,13,14,15). The Balaban J connectivity index is 2.97. The minimum absolute atomic E-state index is 0.00876. The smallest absolute Gasteiger partial charge is 0.246 e. The highest BCUT2D eigenvalue weighted by molar-refractivity contribution is 7.89. The molecule has 1 aromatic heterocycles. The second-order valence-corrected chi connectivity index (χ2v) is 5.74. The van der Waals surface area contributed by atoms with Gasteiger partial charge in [0.05, 0.1) is 25.1 Å². The summed E-state index contributed by atoms with van der Waals surface area (Å²) in [6.45, 7) is 0.532. The number of methoxy groups -OCH3 is 1. The van der Waals surface area contributed by atoms with Gasteiger partial charge < -0.3 is 10.1 Å². The fourth-order valence-electron chi connectivity index (χ4n) is 1.45. The Labute approximate surface area is 118 Å². The van der Waals surface area contributed by atoms with E-state index in [1.165, 1.54) is 23.8 Å². The summed E-state index contributed by atoms with van der Waals surface area (Å²) in [7, 11) is -0.595. The van der Waals surface area contributed by atoms with Gasteiger partial charge in [0.25, 0.3) is 0 Å². The minimum atomic E-state index is -3.72. The number of rotatable bonds is 8. The highest BCUT2D eigenvalue weighted by Crippen LogP contribution is 2.14. The molecule has 0 bridgehead atoms. The van der Waals surface area contributed by atoms with Gasteiger partial charge in [-0.3, -0.25) is 0 Å². The van der Waals surface area contributed by atoms with Gasteiger partial charge in [0.15, 0.2) is 0 Å². The van der Waals surface area contributed by atoms with E-state index in [0.717, 1.165) is 0 Å². The molecule has 0 spiro atoms. The fourth-order valence-corrected chi connectivity index (χ4v) is 2.76. The number of ether oxygens (including phenoxy) is 1. The molecule has 0 atom stereocenters. The van der Waals surface area contributed by atoms with Crippen molar-refractivity contribution in [3.05, 3.63) is 12.4 Å². The van der Waals surface area contributed by atoms with E-state index in [1.54, 1.807) is 7.05 Å². The third-order valence-electron chi connectivity index (χ3n) is 2.51. The number of hydrogen-bond acceptors (Lipinski definition) is 7. The van der Waals surface area contributed by atoms with Crippen LogP contribution >= 0.6 is 0 Å². The summed E-state index contributed by atoms with van der Waals surface area (Å²) in [6.07, 6.45) is 2.58. The zero-order chi connectivity index (χ0) is 15.0. The largest absolute Gasteiger partial charge is 0.383 e. The Kier molecular flexibility index (Phi) is 6.30. The predicted octanol–water partition coefficient (Wildman–Crippen LogP) is 0.0691. The van der Waals surface area contributed by atoms with E-state index in [-0.39, 0.29) is 31.0 Å². The van der Waals surface area contributed by atoms with Crippen LogP contribution in [-0.2, 0) is 14.8 Å². The van der Waals surface area contributed by atoms with Gasteiger partial charge in [0.2, 0.25) is 16.0 Å². The molecule has 110 valence electrons. The summed E-state index contributed by atoms with van der Waals surface area (Å²) in [4.78, 5) is 7.76. The second-order valence-electron chi connectivity index (χ2n) is 3.80. The topological polar surface area (TPSA) is 108 Å². The van der Waals surface area contributed by atoms with Crippen molar-refractivity contribution in [1.82, 2.24) is 14.3 Å². The maximum Gasteiger partial charge on any atom is 0.246 e. The Morgan fingerprint density at radius 3 is 2.55 bits per heavy atom. The summed E-state index contributed by atoms with van der Waals surface area (Å²) in [5.74, 6) is 0.337. The molecule has 0 saturated heterocycles. The molecule has 0 saturated carbocycles. The molecule has 1 N–H and O–H groups in total. The number of nitriles is 1. The van der Waals surface area contributed by atoms with Crippen molar-refractivity contribution >= 4 is 16.0 Å². The van der Waals surface area contributed by atoms with E-state index in [0.29, 0.717) is 5.95 Å². The van der Waals surface area contributed by atoms with Crippen molar-refractivity contribution in [2.45, 2.75) is 11.3 Å². The Morgan fingerprint density at radius 1 is 1.40 bits per heavy atom. The third kappa shape index (κ3) is 4.12. The zero-order valence-electron chi connectivity index (χ0n) is 11.4. The summed E-state index contributed by atoms with van der Waals surface area (Å²) in [6, 6.07) is 1.93. The minimum Gasteiger partial charge on any atom is -0.383 e. The molecule has 9 heteroatoms. The van der Waals surface area contributed by atoms with Crippen molar-refractivity contribution in [3.63, 3.8) is 0 Å². The molecular formula is C11H17N5O3S. The van der Waals surface area contributed by atoms with Crippen molar-refractivity contribution in [2.24, 2.45) is 0 Å². The molecule has 0 aliphatic heterocycles. The lowest BCUT2D eigenvalue weighted by Crippen LogP contribution is -2.34. The quantitative estimate of drug-likeness (QED) is 0.723. The lowest BCUT2D eigenvalue weighted by Gasteiger charge is -2.20. The summed E-state index contributed by atoms with van der Waals surface area (Å²) >= 11 is 0. The normalized spacial score (nSPS) is 11.3. The average Bonchev–Trinajstić information content (AvgIpc) is 2.47. The molecule has 1 heterocycles. The van der Waals surface area contributed by atoms with E-state index >= 15 is 0 Å². The second kappa shape index (κ2) is 7.74. The SMILES string of the molecule is CNc1ncc(S(=O)(=O)N(CCC#N)CCOC)cn1. The number of anilines is 1. The first-order chi connectivity index (χ1) is 9.56. The summed E-state index contributed by atoms with van der Waals surface area (Å²) in [5.41, 5.74) is 0. The van der Waals surface area contributed by atoms with Crippen LogP contribution in [0.3, 0.4) is 0 Å². The highest BCUT2D eigenvalue weighted by Gasteiger charge is 2.24. The Morgan fingerprint density at radius 2 is 2.05 bits per heavy atom. The monoisotopic (exact) mass is 299 g/mol. The molecule has 0 radical (unpaired) electrons. The van der Waals surface area contributed by atoms with Crippen LogP contribution in [0.2, 0.25) is 0 Å². The van der Waals surface area contributed by atoms with Gasteiger partial charge in [-0.15, -0.1) is 0 Å². The van der Waals surface area contributed by atoms with E-state index in [9.17, 15) is 8.42 Å². The van der Waals surface area contributed by atoms with Gasteiger partial charge in [0, 0.05) is 33.7 Å². The molecule has 8 nitrogen and oxygen atoms in total. The lowest BCUT2D eigenvalue weighted by molar-refractivity contribution is 0.179. The first-order valence-electron chi connectivity index (χ1n) is 5.92. The van der Waals surface area contributed by atoms with Gasteiger partial charge in [0.1, 0.15) is 4.90 Å². The maximum atomic E-state index is 12.4. The summed E-state index contributed by atoms with van der Waals surface area (Å²) < 4.78 is 30.9. The van der Waals surface area contributed by atoms with E-state index in [1.807, 2.05) is 6.07 Å². The van der Waals surface area contributed by atoms with Crippen LogP contribution in [0.15, 0.2) is 17.3 Å². The predicted molar refractivity (Wildman–Crippen MR) is 72.4 cm³/mol. The fraction of sp³-hybridized carbons (Fsp3) is 0.545. The van der Waals surface area contributed by atoms with Crippen LogP contribution in [0.1, 0.15) is 6.42 Å². The molecule has 0 fully saturated rings. The van der Waals surface area contributed by atoms with Crippen LogP contribution in [-0.4, -0.2) is 56.5 Å². The van der Waals surface area contributed by atoms with Crippen molar-refractivity contribution < 1.29 is 13.2 Å². The first kappa shape index (κ1) is 16.3. The molecule has 0 aliphatic rings. The average molecular weight is 299 g/mol. The molecule has 1 rings (SSSR count). The van der Waals surface area contributed by atoms with Crippen molar-refractivity contribution in [2.75, 3.05) is 39.2 Å². The van der Waals surface area contributed by atoms with Crippen molar-refractivity contribution in [3.8, 4) is 6.07 Å². The van der Waals surface area contributed by atoms with Gasteiger partial charge >= 0.3 is 0 Å². The Hall–Kier alpha value is -1.76. The number of aromatic nitrogens is 2. The third-order valence-corrected chi connectivity index (χ3v) is 4.36. The highest BCUT2D eigenvalue weighted by atomic mass is 32.2. The molecule has 1 aromatic rings. The lowest BCUT2D eigenvalue weighted by atomic mass is 10.4. The number of nitrogens with one attached hydrogen (secondary N) is 1. The molecule has 0 amide bonds. The molecule has 0 aromatic carbocycles. The zero-order valence-corrected chi connectivity index (χ0v) is 12.2.